The third-order valence-corrected chi connectivity index (χ3v) is 2.12. The zero-order valence-electron chi connectivity index (χ0n) is 8.33. The van der Waals surface area contributed by atoms with Crippen LogP contribution in [-0.2, 0) is 0 Å². The van der Waals surface area contributed by atoms with Gasteiger partial charge in [0.1, 0.15) is 0 Å². The lowest BCUT2D eigenvalue weighted by atomic mass is 10.0. The second-order valence-electron chi connectivity index (χ2n) is 3.15. The summed E-state index contributed by atoms with van der Waals surface area (Å²) in [6.45, 7) is 5.96. The van der Waals surface area contributed by atoms with Crippen LogP contribution in [0.2, 0.25) is 0 Å². The van der Waals surface area contributed by atoms with E-state index in [0.29, 0.717) is 0 Å². The van der Waals surface area contributed by atoms with Crippen LogP contribution in [-0.4, -0.2) is 10.2 Å². The summed E-state index contributed by atoms with van der Waals surface area (Å²) in [5.41, 5.74) is 5.77. The van der Waals surface area contributed by atoms with Gasteiger partial charge in [0.2, 0.25) is 0 Å². The molecule has 4 heteroatoms. The standard InChI is InChI=1S/C9H16N4/c1-4-9(11-10)8-5-6(2)12-13-7(8)3/h5,9,11H,4,10H2,1-3H3. The molecule has 1 atom stereocenters. The fourth-order valence-corrected chi connectivity index (χ4v) is 1.35. The lowest BCUT2D eigenvalue weighted by molar-refractivity contribution is 0.532. The molecule has 0 bridgehead atoms. The molecule has 0 saturated heterocycles. The van der Waals surface area contributed by atoms with Crippen LogP contribution in [0.3, 0.4) is 0 Å². The van der Waals surface area contributed by atoms with E-state index in [1.165, 1.54) is 0 Å². The highest BCUT2D eigenvalue weighted by Crippen LogP contribution is 2.17. The van der Waals surface area contributed by atoms with Gasteiger partial charge in [0.15, 0.2) is 0 Å². The summed E-state index contributed by atoms with van der Waals surface area (Å²) in [6.07, 6.45) is 0.947. The minimum Gasteiger partial charge on any atom is -0.271 e. The average molecular weight is 180 g/mol. The minimum atomic E-state index is 0.175. The van der Waals surface area contributed by atoms with Gasteiger partial charge in [0, 0.05) is 6.04 Å². The number of rotatable bonds is 3. The number of nitrogens with two attached hydrogens (primary N) is 1. The van der Waals surface area contributed by atoms with Crippen LogP contribution < -0.4 is 11.3 Å². The van der Waals surface area contributed by atoms with Gasteiger partial charge < -0.3 is 0 Å². The van der Waals surface area contributed by atoms with Gasteiger partial charge in [-0.1, -0.05) is 6.92 Å². The summed E-state index contributed by atoms with van der Waals surface area (Å²) >= 11 is 0. The van der Waals surface area contributed by atoms with E-state index in [1.807, 2.05) is 19.9 Å². The first-order valence-corrected chi connectivity index (χ1v) is 4.46. The number of hydrazine groups is 1. The lowest BCUT2D eigenvalue weighted by Gasteiger charge is -2.15. The molecule has 1 unspecified atom stereocenters. The molecule has 4 nitrogen and oxygen atoms in total. The topological polar surface area (TPSA) is 63.8 Å². The predicted octanol–water partition coefficient (Wildman–Crippen LogP) is 1.01. The molecular formula is C9H16N4. The summed E-state index contributed by atoms with van der Waals surface area (Å²) in [5.74, 6) is 5.44. The van der Waals surface area contributed by atoms with Gasteiger partial charge in [-0.05, 0) is 31.9 Å². The number of aromatic nitrogens is 2. The van der Waals surface area contributed by atoms with Crippen LogP contribution >= 0.6 is 0 Å². The fraction of sp³-hybridized carbons (Fsp3) is 0.556. The Labute approximate surface area is 78.5 Å². The van der Waals surface area contributed by atoms with Crippen LogP contribution in [0, 0.1) is 13.8 Å². The molecule has 1 aromatic rings. The minimum absolute atomic E-state index is 0.175. The van der Waals surface area contributed by atoms with Crippen molar-refractivity contribution in [2.75, 3.05) is 0 Å². The van der Waals surface area contributed by atoms with Crippen LogP contribution in [0.1, 0.15) is 36.3 Å². The average Bonchev–Trinajstić information content (AvgIpc) is 2.13. The molecule has 0 saturated carbocycles. The Kier molecular flexibility index (Phi) is 3.33. The lowest BCUT2D eigenvalue weighted by Crippen LogP contribution is -2.28. The van der Waals surface area contributed by atoms with Gasteiger partial charge in [-0.2, -0.15) is 10.2 Å². The number of nitrogens with one attached hydrogen (secondary N) is 1. The van der Waals surface area contributed by atoms with E-state index in [4.69, 9.17) is 5.84 Å². The Morgan fingerprint density at radius 2 is 2.15 bits per heavy atom. The van der Waals surface area contributed by atoms with Gasteiger partial charge in [0.05, 0.1) is 11.4 Å². The summed E-state index contributed by atoms with van der Waals surface area (Å²) < 4.78 is 0. The van der Waals surface area contributed by atoms with Crippen molar-refractivity contribution in [2.24, 2.45) is 5.84 Å². The van der Waals surface area contributed by atoms with Crippen molar-refractivity contribution in [1.29, 1.82) is 0 Å². The molecule has 0 spiro atoms. The highest BCUT2D eigenvalue weighted by Gasteiger charge is 2.11. The molecule has 0 aromatic carbocycles. The van der Waals surface area contributed by atoms with Crippen molar-refractivity contribution >= 4 is 0 Å². The molecule has 0 radical (unpaired) electrons. The Balaban J connectivity index is 3.03. The quantitative estimate of drug-likeness (QED) is 0.538. The molecular weight excluding hydrogens is 164 g/mol. The Morgan fingerprint density at radius 3 is 2.69 bits per heavy atom. The number of hydrogen-bond donors (Lipinski definition) is 2. The molecule has 0 aliphatic heterocycles. The van der Waals surface area contributed by atoms with Crippen LogP contribution in [0.25, 0.3) is 0 Å². The van der Waals surface area contributed by atoms with E-state index in [-0.39, 0.29) is 6.04 Å². The Morgan fingerprint density at radius 1 is 1.46 bits per heavy atom. The maximum atomic E-state index is 5.44. The molecule has 0 amide bonds. The van der Waals surface area contributed by atoms with Crippen molar-refractivity contribution in [2.45, 2.75) is 33.2 Å². The second-order valence-corrected chi connectivity index (χ2v) is 3.15. The SMILES string of the molecule is CCC(NN)c1cc(C)nnc1C. The van der Waals surface area contributed by atoms with Gasteiger partial charge >= 0.3 is 0 Å². The van der Waals surface area contributed by atoms with Crippen molar-refractivity contribution in [1.82, 2.24) is 15.6 Å². The highest BCUT2D eigenvalue weighted by atomic mass is 15.2. The molecule has 1 rings (SSSR count). The number of hydrogen-bond acceptors (Lipinski definition) is 4. The Hall–Kier alpha value is -1.00. The Bertz CT molecular complexity index is 281. The molecule has 72 valence electrons. The van der Waals surface area contributed by atoms with E-state index in [0.717, 1.165) is 23.4 Å². The van der Waals surface area contributed by atoms with Crippen LogP contribution in [0.15, 0.2) is 6.07 Å². The summed E-state index contributed by atoms with van der Waals surface area (Å²) in [7, 11) is 0. The first kappa shape index (κ1) is 10.1. The smallest absolute Gasteiger partial charge is 0.0648 e. The molecule has 3 N–H and O–H groups in total. The zero-order valence-corrected chi connectivity index (χ0v) is 8.33. The van der Waals surface area contributed by atoms with Crippen LogP contribution in [0.5, 0.6) is 0 Å². The number of nitrogens with zero attached hydrogens (tertiary/aromatic N) is 2. The largest absolute Gasteiger partial charge is 0.271 e. The molecule has 0 fully saturated rings. The zero-order chi connectivity index (χ0) is 9.84. The summed E-state index contributed by atoms with van der Waals surface area (Å²) in [6, 6.07) is 2.20. The fourth-order valence-electron chi connectivity index (χ4n) is 1.35. The van der Waals surface area contributed by atoms with E-state index < -0.39 is 0 Å². The van der Waals surface area contributed by atoms with Gasteiger partial charge in [-0.25, -0.2) is 0 Å². The van der Waals surface area contributed by atoms with E-state index in [1.54, 1.807) is 0 Å². The molecule has 1 heterocycles. The van der Waals surface area contributed by atoms with Crippen molar-refractivity contribution < 1.29 is 0 Å². The third-order valence-electron chi connectivity index (χ3n) is 2.12. The maximum Gasteiger partial charge on any atom is 0.0648 e. The summed E-state index contributed by atoms with van der Waals surface area (Å²) in [5, 5.41) is 8.02. The second kappa shape index (κ2) is 4.30. The normalized spacial score (nSPS) is 12.9. The third kappa shape index (κ3) is 2.23. The monoisotopic (exact) mass is 180 g/mol. The van der Waals surface area contributed by atoms with Crippen LogP contribution in [0.4, 0.5) is 0 Å². The highest BCUT2D eigenvalue weighted by molar-refractivity contribution is 5.23. The first-order chi connectivity index (χ1) is 6.19. The van der Waals surface area contributed by atoms with E-state index in [2.05, 4.69) is 22.5 Å². The van der Waals surface area contributed by atoms with E-state index >= 15 is 0 Å². The van der Waals surface area contributed by atoms with Gasteiger partial charge in [-0.15, -0.1) is 0 Å². The van der Waals surface area contributed by atoms with Crippen molar-refractivity contribution in [3.63, 3.8) is 0 Å². The molecule has 13 heavy (non-hydrogen) atoms. The molecule has 0 aliphatic rings. The summed E-state index contributed by atoms with van der Waals surface area (Å²) in [4.78, 5) is 0. The van der Waals surface area contributed by atoms with Gasteiger partial charge in [0.25, 0.3) is 0 Å². The first-order valence-electron chi connectivity index (χ1n) is 4.46. The predicted molar refractivity (Wildman–Crippen MR) is 51.9 cm³/mol. The molecule has 0 aliphatic carbocycles. The van der Waals surface area contributed by atoms with Crippen molar-refractivity contribution in [3.05, 3.63) is 23.0 Å². The van der Waals surface area contributed by atoms with Gasteiger partial charge in [-0.3, -0.25) is 11.3 Å². The number of aryl methyl sites for hydroxylation is 2. The van der Waals surface area contributed by atoms with Crippen molar-refractivity contribution in [3.8, 4) is 0 Å². The molecule has 1 aromatic heterocycles. The van der Waals surface area contributed by atoms with E-state index in [9.17, 15) is 0 Å². The maximum absolute atomic E-state index is 5.44.